The van der Waals surface area contributed by atoms with Gasteiger partial charge in [0.1, 0.15) is 20.2 Å². The van der Waals surface area contributed by atoms with Crippen molar-refractivity contribution in [3.05, 3.63) is 11.5 Å². The van der Waals surface area contributed by atoms with Gasteiger partial charge in [-0.15, -0.1) is 0 Å². The molecule has 0 saturated carbocycles. The molecule has 0 aromatic rings. The van der Waals surface area contributed by atoms with E-state index >= 15 is 0 Å². The highest BCUT2D eigenvalue weighted by molar-refractivity contribution is 6.14. The van der Waals surface area contributed by atoms with Gasteiger partial charge in [-0.05, 0) is 6.92 Å². The molecule has 2 radical (unpaired) electrons. The van der Waals surface area contributed by atoms with E-state index in [0.29, 0.717) is 0 Å². The molecule has 0 amide bonds. The van der Waals surface area contributed by atoms with Gasteiger partial charge in [0, 0.05) is 6.42 Å². The Morgan fingerprint density at radius 2 is 2.40 bits per heavy atom. The highest BCUT2D eigenvalue weighted by atomic mass is 16.5. The molecule has 0 fully saturated rings. The number of rotatable bonds is 1. The topological polar surface area (TPSA) is 49.7 Å². The molecule has 1 aliphatic heterocycles. The van der Waals surface area contributed by atoms with E-state index < -0.39 is 5.50 Å². The monoisotopic (exact) mass is 140 g/mol. The van der Waals surface area contributed by atoms with Gasteiger partial charge in [-0.3, -0.25) is 0 Å². The molecule has 1 atom stereocenters. The molecule has 1 unspecified atom stereocenters. The Morgan fingerprint density at radius 3 is 2.60 bits per heavy atom. The third-order valence-electron chi connectivity index (χ3n) is 1.34. The number of aliphatic hydroxyl groups excluding tert-OH is 2. The van der Waals surface area contributed by atoms with Crippen LogP contribution in [-0.4, -0.2) is 30.2 Å². The molecular formula is C6H9BO3. The lowest BCUT2D eigenvalue weighted by Crippen LogP contribution is -2.24. The van der Waals surface area contributed by atoms with Crippen molar-refractivity contribution >= 4 is 7.85 Å². The van der Waals surface area contributed by atoms with Gasteiger partial charge in [-0.1, -0.05) is 0 Å². The summed E-state index contributed by atoms with van der Waals surface area (Å²) in [5.74, 6) is 0.234. The van der Waals surface area contributed by atoms with Crippen molar-refractivity contribution in [3.63, 3.8) is 0 Å². The van der Waals surface area contributed by atoms with Crippen LogP contribution in [-0.2, 0) is 4.74 Å². The number of hydrogen-bond donors (Lipinski definition) is 2. The standard InChI is InChI=1S/C6H9BO3/c1-6(7)2-4(9)5(3-8)10-6/h8-9H,2-3H2,1H3. The van der Waals surface area contributed by atoms with Gasteiger partial charge in [-0.2, -0.15) is 0 Å². The molecule has 1 aliphatic rings. The first-order chi connectivity index (χ1) is 4.55. The van der Waals surface area contributed by atoms with Crippen LogP contribution in [0.25, 0.3) is 0 Å². The van der Waals surface area contributed by atoms with Crippen LogP contribution in [0.15, 0.2) is 11.5 Å². The van der Waals surface area contributed by atoms with Crippen LogP contribution >= 0.6 is 0 Å². The number of hydrogen-bond acceptors (Lipinski definition) is 3. The highest BCUT2D eigenvalue weighted by Crippen LogP contribution is 2.28. The van der Waals surface area contributed by atoms with Crippen molar-refractivity contribution < 1.29 is 14.9 Å². The van der Waals surface area contributed by atoms with E-state index in [1.165, 1.54) is 0 Å². The van der Waals surface area contributed by atoms with Gasteiger partial charge in [-0.25, -0.2) is 0 Å². The second kappa shape index (κ2) is 2.20. The molecule has 1 rings (SSSR count). The first-order valence-electron chi connectivity index (χ1n) is 3.05. The van der Waals surface area contributed by atoms with E-state index in [4.69, 9.17) is 22.8 Å². The maximum Gasteiger partial charge on any atom is 0.158 e. The summed E-state index contributed by atoms with van der Waals surface area (Å²) < 4.78 is 4.97. The summed E-state index contributed by atoms with van der Waals surface area (Å²) in [4.78, 5) is 0. The van der Waals surface area contributed by atoms with Crippen molar-refractivity contribution in [2.75, 3.05) is 6.61 Å². The minimum absolute atomic E-state index is 0.0486. The summed E-state index contributed by atoms with van der Waals surface area (Å²) in [6, 6.07) is 0. The van der Waals surface area contributed by atoms with Gasteiger partial charge in [0.05, 0.1) is 5.50 Å². The smallest absolute Gasteiger partial charge is 0.158 e. The summed E-state index contributed by atoms with van der Waals surface area (Å²) in [6.07, 6.45) is 0.267. The zero-order chi connectivity index (χ0) is 7.78. The molecule has 0 aromatic heterocycles. The lowest BCUT2D eigenvalue weighted by Gasteiger charge is -2.18. The minimum atomic E-state index is -0.845. The summed E-state index contributed by atoms with van der Waals surface area (Å²) in [6.45, 7) is 1.35. The van der Waals surface area contributed by atoms with Crippen LogP contribution < -0.4 is 0 Å². The summed E-state index contributed by atoms with van der Waals surface area (Å²) in [5, 5.41) is 17.6. The Balaban J connectivity index is 2.68. The molecular weight excluding hydrogens is 131 g/mol. The summed E-state index contributed by atoms with van der Waals surface area (Å²) in [7, 11) is 5.50. The van der Waals surface area contributed by atoms with Gasteiger partial charge in [0.15, 0.2) is 5.76 Å². The fraction of sp³-hybridized carbons (Fsp3) is 0.667. The number of aliphatic hydroxyl groups is 2. The Bertz CT molecular complexity index is 174. The largest absolute Gasteiger partial charge is 0.509 e. The molecule has 54 valence electrons. The Kier molecular flexibility index (Phi) is 1.64. The van der Waals surface area contributed by atoms with Crippen LogP contribution in [0, 0.1) is 0 Å². The zero-order valence-corrected chi connectivity index (χ0v) is 5.79. The molecule has 10 heavy (non-hydrogen) atoms. The van der Waals surface area contributed by atoms with Crippen molar-refractivity contribution in [1.82, 2.24) is 0 Å². The predicted molar refractivity (Wildman–Crippen MR) is 36.6 cm³/mol. The predicted octanol–water partition coefficient (Wildman–Crippen LogP) is 0.0533. The second-order valence-electron chi connectivity index (χ2n) is 2.62. The first kappa shape index (κ1) is 7.47. The van der Waals surface area contributed by atoms with Gasteiger partial charge in [0.2, 0.25) is 0 Å². The van der Waals surface area contributed by atoms with E-state index in [2.05, 4.69) is 0 Å². The fourth-order valence-corrected chi connectivity index (χ4v) is 0.931. The van der Waals surface area contributed by atoms with Gasteiger partial charge >= 0.3 is 0 Å². The van der Waals surface area contributed by atoms with Crippen molar-refractivity contribution in [3.8, 4) is 0 Å². The Labute approximate surface area is 60.7 Å². The maximum absolute atomic E-state index is 9.04. The van der Waals surface area contributed by atoms with Crippen LogP contribution in [0.5, 0.6) is 0 Å². The van der Waals surface area contributed by atoms with E-state index in [9.17, 15) is 0 Å². The Hall–Kier alpha value is -0.635. The van der Waals surface area contributed by atoms with Crippen molar-refractivity contribution in [2.45, 2.75) is 18.8 Å². The summed E-state index contributed by atoms with van der Waals surface area (Å²) >= 11 is 0. The normalized spacial score (nSPS) is 32.6. The number of ether oxygens (including phenoxy) is 1. The van der Waals surface area contributed by atoms with Crippen LogP contribution in [0.4, 0.5) is 0 Å². The lowest BCUT2D eigenvalue weighted by atomic mass is 9.81. The van der Waals surface area contributed by atoms with Gasteiger partial charge in [0.25, 0.3) is 0 Å². The maximum atomic E-state index is 9.04. The average Bonchev–Trinajstić information content (AvgIpc) is 2.05. The van der Waals surface area contributed by atoms with E-state index in [1.807, 2.05) is 0 Å². The summed E-state index contributed by atoms with van der Waals surface area (Å²) in [5.41, 5.74) is -0.845. The zero-order valence-electron chi connectivity index (χ0n) is 5.79. The fourth-order valence-electron chi connectivity index (χ4n) is 0.931. The Morgan fingerprint density at radius 1 is 1.80 bits per heavy atom. The third kappa shape index (κ3) is 1.26. The average molecular weight is 140 g/mol. The molecule has 0 aromatic carbocycles. The van der Waals surface area contributed by atoms with E-state index in [-0.39, 0.29) is 24.5 Å². The SMILES string of the molecule is [B]C1(C)CC(O)=C(CO)O1. The highest BCUT2D eigenvalue weighted by Gasteiger charge is 2.30. The quantitative estimate of drug-likeness (QED) is 0.506. The third-order valence-corrected chi connectivity index (χ3v) is 1.34. The van der Waals surface area contributed by atoms with Gasteiger partial charge < -0.3 is 14.9 Å². The van der Waals surface area contributed by atoms with E-state index in [1.54, 1.807) is 6.92 Å². The molecule has 4 heteroatoms. The molecule has 0 bridgehead atoms. The van der Waals surface area contributed by atoms with E-state index in [0.717, 1.165) is 0 Å². The van der Waals surface area contributed by atoms with Crippen LogP contribution in [0.1, 0.15) is 13.3 Å². The van der Waals surface area contributed by atoms with Crippen LogP contribution in [0.3, 0.4) is 0 Å². The molecule has 0 aliphatic carbocycles. The lowest BCUT2D eigenvalue weighted by molar-refractivity contribution is 0.0943. The minimum Gasteiger partial charge on any atom is -0.509 e. The molecule has 0 spiro atoms. The molecule has 3 nitrogen and oxygen atoms in total. The van der Waals surface area contributed by atoms with Crippen molar-refractivity contribution in [2.24, 2.45) is 0 Å². The van der Waals surface area contributed by atoms with Crippen molar-refractivity contribution in [1.29, 1.82) is 0 Å². The van der Waals surface area contributed by atoms with Crippen LogP contribution in [0.2, 0.25) is 0 Å². The molecule has 2 N–H and O–H groups in total. The first-order valence-corrected chi connectivity index (χ1v) is 3.05. The second-order valence-corrected chi connectivity index (χ2v) is 2.62. The molecule has 0 saturated heterocycles. The molecule has 1 heterocycles.